The molecule has 0 aliphatic carbocycles. The van der Waals surface area contributed by atoms with Crippen LogP contribution in [0.2, 0.25) is 0 Å². The number of hydrogen-bond acceptors (Lipinski definition) is 7. The summed E-state index contributed by atoms with van der Waals surface area (Å²) >= 11 is 1.06. The first-order chi connectivity index (χ1) is 13.7. The van der Waals surface area contributed by atoms with Gasteiger partial charge in [-0.2, -0.15) is 8.78 Å². The molecule has 154 valence electrons. The molecule has 1 heterocycles. The number of aromatic nitrogens is 1. The number of benzene rings is 2. The van der Waals surface area contributed by atoms with Gasteiger partial charge in [-0.1, -0.05) is 11.3 Å². The first kappa shape index (κ1) is 20.9. The van der Waals surface area contributed by atoms with E-state index in [2.05, 4.69) is 15.0 Å². The smallest absolute Gasteiger partial charge is 0.387 e. The average molecular weight is 443 g/mol. The van der Waals surface area contributed by atoms with E-state index in [-0.39, 0.29) is 33.7 Å². The van der Waals surface area contributed by atoms with Gasteiger partial charge in [0.1, 0.15) is 0 Å². The monoisotopic (exact) mass is 443 g/mol. The van der Waals surface area contributed by atoms with Crippen LogP contribution in [0.3, 0.4) is 0 Å². The molecule has 0 saturated carbocycles. The standard InChI is InChI=1S/C17H15F2N3O5S2/c1-2-26-13-7-9(3-6-12(13)27-16(18)19)15(23)22-17-21-11-5-4-10(29(20,24)25)8-14(11)28-17/h3-8,16H,2H2,1H3,(H2,20,24,25)(H,21,22,23). The van der Waals surface area contributed by atoms with Crippen LogP contribution in [0, 0.1) is 0 Å². The van der Waals surface area contributed by atoms with Crippen molar-refractivity contribution in [2.75, 3.05) is 11.9 Å². The lowest BCUT2D eigenvalue weighted by Crippen LogP contribution is -2.12. The fourth-order valence-corrected chi connectivity index (χ4v) is 3.93. The van der Waals surface area contributed by atoms with Crippen molar-refractivity contribution in [1.82, 2.24) is 4.98 Å². The molecule has 8 nitrogen and oxygen atoms in total. The van der Waals surface area contributed by atoms with Crippen molar-refractivity contribution < 1.29 is 31.5 Å². The summed E-state index contributed by atoms with van der Waals surface area (Å²) in [5, 5.41) is 7.91. The minimum Gasteiger partial charge on any atom is -0.490 e. The van der Waals surface area contributed by atoms with Crippen molar-refractivity contribution >= 4 is 42.6 Å². The number of fused-ring (bicyclic) bond motifs is 1. The minimum atomic E-state index is -3.86. The first-order valence-electron chi connectivity index (χ1n) is 8.13. The summed E-state index contributed by atoms with van der Waals surface area (Å²) in [4.78, 5) is 16.6. The number of nitrogens with zero attached hydrogens (tertiary/aromatic N) is 1. The zero-order valence-corrected chi connectivity index (χ0v) is 16.5. The highest BCUT2D eigenvalue weighted by molar-refractivity contribution is 7.89. The zero-order valence-electron chi connectivity index (χ0n) is 14.9. The third kappa shape index (κ3) is 4.96. The molecule has 3 N–H and O–H groups in total. The normalized spacial score (nSPS) is 11.6. The van der Waals surface area contributed by atoms with Crippen LogP contribution in [0.1, 0.15) is 17.3 Å². The van der Waals surface area contributed by atoms with E-state index >= 15 is 0 Å². The molecule has 0 aliphatic heterocycles. The minimum absolute atomic E-state index is 0.00236. The van der Waals surface area contributed by atoms with E-state index in [0.717, 1.165) is 11.3 Å². The summed E-state index contributed by atoms with van der Waals surface area (Å²) in [7, 11) is -3.86. The summed E-state index contributed by atoms with van der Waals surface area (Å²) in [6.45, 7) is -1.18. The van der Waals surface area contributed by atoms with Crippen LogP contribution in [0.5, 0.6) is 11.5 Å². The van der Waals surface area contributed by atoms with Crippen LogP contribution in [0.4, 0.5) is 13.9 Å². The van der Waals surface area contributed by atoms with Gasteiger partial charge in [0.05, 0.1) is 21.7 Å². The van der Waals surface area contributed by atoms with Gasteiger partial charge >= 0.3 is 6.61 Å². The van der Waals surface area contributed by atoms with Crippen molar-refractivity contribution in [3.05, 3.63) is 42.0 Å². The number of sulfonamides is 1. The third-order valence-electron chi connectivity index (χ3n) is 3.63. The van der Waals surface area contributed by atoms with Crippen LogP contribution in [-0.2, 0) is 10.0 Å². The maximum absolute atomic E-state index is 12.5. The van der Waals surface area contributed by atoms with Gasteiger partial charge in [-0.15, -0.1) is 0 Å². The molecule has 1 aromatic heterocycles. The number of amides is 1. The van der Waals surface area contributed by atoms with Crippen LogP contribution < -0.4 is 19.9 Å². The van der Waals surface area contributed by atoms with Gasteiger partial charge in [0, 0.05) is 5.56 Å². The molecule has 29 heavy (non-hydrogen) atoms. The largest absolute Gasteiger partial charge is 0.490 e. The zero-order chi connectivity index (χ0) is 21.2. The number of alkyl halides is 2. The van der Waals surface area contributed by atoms with Gasteiger partial charge in [-0.05, 0) is 43.3 Å². The number of hydrogen-bond donors (Lipinski definition) is 2. The predicted molar refractivity (Wildman–Crippen MR) is 103 cm³/mol. The van der Waals surface area contributed by atoms with Gasteiger partial charge in [0.15, 0.2) is 16.6 Å². The van der Waals surface area contributed by atoms with Crippen LogP contribution in [0.25, 0.3) is 10.2 Å². The van der Waals surface area contributed by atoms with E-state index in [1.165, 1.54) is 36.4 Å². The Morgan fingerprint density at radius 1 is 1.24 bits per heavy atom. The van der Waals surface area contributed by atoms with Gasteiger partial charge in [0.25, 0.3) is 5.91 Å². The molecule has 0 bridgehead atoms. The molecular weight excluding hydrogens is 428 g/mol. The fourth-order valence-electron chi connectivity index (χ4n) is 2.42. The Balaban J connectivity index is 1.85. The second kappa shape index (κ2) is 8.27. The lowest BCUT2D eigenvalue weighted by molar-refractivity contribution is -0.0514. The SMILES string of the molecule is CCOc1cc(C(=O)Nc2nc3ccc(S(N)(=O)=O)cc3s2)ccc1OC(F)F. The number of halogens is 2. The first-order valence-corrected chi connectivity index (χ1v) is 10.5. The summed E-state index contributed by atoms with van der Waals surface area (Å²) in [6.07, 6.45) is 0. The molecule has 0 spiro atoms. The lowest BCUT2D eigenvalue weighted by atomic mass is 10.2. The molecule has 0 radical (unpaired) electrons. The summed E-state index contributed by atoms with van der Waals surface area (Å²) < 4.78 is 58.0. The highest BCUT2D eigenvalue weighted by Crippen LogP contribution is 2.31. The molecule has 3 rings (SSSR count). The van der Waals surface area contributed by atoms with Crippen LogP contribution in [0.15, 0.2) is 41.3 Å². The van der Waals surface area contributed by atoms with E-state index in [0.29, 0.717) is 10.2 Å². The number of ether oxygens (including phenoxy) is 2. The Morgan fingerprint density at radius 3 is 2.66 bits per heavy atom. The van der Waals surface area contributed by atoms with Crippen molar-refractivity contribution in [2.45, 2.75) is 18.4 Å². The molecule has 0 unspecified atom stereocenters. The van der Waals surface area contributed by atoms with Crippen LogP contribution in [-0.4, -0.2) is 32.5 Å². The molecule has 12 heteroatoms. The Bertz CT molecular complexity index is 1170. The predicted octanol–water partition coefficient (Wildman–Crippen LogP) is 3.20. The van der Waals surface area contributed by atoms with E-state index in [1.807, 2.05) is 0 Å². The topological polar surface area (TPSA) is 121 Å². The number of nitrogens with two attached hydrogens (primary N) is 1. The summed E-state index contributed by atoms with van der Waals surface area (Å²) in [6, 6.07) is 7.96. The highest BCUT2D eigenvalue weighted by atomic mass is 32.2. The van der Waals surface area contributed by atoms with Gasteiger partial charge in [0.2, 0.25) is 10.0 Å². The maximum atomic E-state index is 12.5. The Kier molecular flexibility index (Phi) is 5.96. The number of rotatable bonds is 7. The quantitative estimate of drug-likeness (QED) is 0.579. The Labute approximate surface area is 168 Å². The molecule has 0 fully saturated rings. The summed E-state index contributed by atoms with van der Waals surface area (Å²) in [5.74, 6) is -0.739. The molecule has 0 saturated heterocycles. The highest BCUT2D eigenvalue weighted by Gasteiger charge is 2.17. The lowest BCUT2D eigenvalue weighted by Gasteiger charge is -2.12. The average Bonchev–Trinajstić information content (AvgIpc) is 3.03. The Hall–Kier alpha value is -2.83. The number of anilines is 1. The Morgan fingerprint density at radius 2 is 2.00 bits per heavy atom. The second-order valence-corrected chi connectivity index (χ2v) is 8.21. The molecule has 3 aromatic rings. The van der Waals surface area contributed by atoms with Gasteiger partial charge in [-0.25, -0.2) is 18.5 Å². The third-order valence-corrected chi connectivity index (χ3v) is 5.48. The maximum Gasteiger partial charge on any atom is 0.387 e. The number of thiazole rings is 1. The second-order valence-electron chi connectivity index (χ2n) is 5.62. The van der Waals surface area contributed by atoms with Crippen molar-refractivity contribution in [1.29, 1.82) is 0 Å². The van der Waals surface area contributed by atoms with Crippen molar-refractivity contribution in [2.24, 2.45) is 5.14 Å². The molecule has 0 atom stereocenters. The number of nitrogens with one attached hydrogen (secondary N) is 1. The number of primary sulfonamides is 1. The van der Waals surface area contributed by atoms with E-state index in [1.54, 1.807) is 6.92 Å². The molecule has 2 aromatic carbocycles. The van der Waals surface area contributed by atoms with Crippen LogP contribution >= 0.6 is 11.3 Å². The van der Waals surface area contributed by atoms with Crippen molar-refractivity contribution in [3.8, 4) is 11.5 Å². The summed E-state index contributed by atoms with van der Waals surface area (Å²) in [5.41, 5.74) is 0.618. The van der Waals surface area contributed by atoms with E-state index in [9.17, 15) is 22.0 Å². The van der Waals surface area contributed by atoms with E-state index < -0.39 is 22.5 Å². The number of carbonyl (C=O) groups excluding carboxylic acids is 1. The van der Waals surface area contributed by atoms with Gasteiger partial charge < -0.3 is 9.47 Å². The molecule has 0 aliphatic rings. The molecular formula is C17H15F2N3O5S2. The van der Waals surface area contributed by atoms with E-state index in [4.69, 9.17) is 9.88 Å². The van der Waals surface area contributed by atoms with Crippen molar-refractivity contribution in [3.63, 3.8) is 0 Å². The number of carbonyl (C=O) groups is 1. The molecule has 1 amide bonds. The van der Waals surface area contributed by atoms with Gasteiger partial charge in [-0.3, -0.25) is 10.1 Å². The fraction of sp³-hybridized carbons (Fsp3) is 0.176.